The van der Waals surface area contributed by atoms with Gasteiger partial charge in [-0.2, -0.15) is 0 Å². The molecule has 1 fully saturated rings. The van der Waals surface area contributed by atoms with Gasteiger partial charge in [0.1, 0.15) is 18.7 Å². The van der Waals surface area contributed by atoms with Crippen molar-refractivity contribution in [3.05, 3.63) is 41.0 Å². The second kappa shape index (κ2) is 15.9. The Morgan fingerprint density at radius 1 is 1.09 bits per heavy atom. The van der Waals surface area contributed by atoms with Crippen LogP contribution in [0.15, 0.2) is 29.8 Å². The molecule has 44 heavy (non-hydrogen) atoms. The van der Waals surface area contributed by atoms with Crippen LogP contribution in [0.1, 0.15) is 51.4 Å². The van der Waals surface area contributed by atoms with Crippen LogP contribution in [-0.2, 0) is 23.9 Å². The number of carbonyl (C=O) groups excluding carboxylic acids is 3. The lowest BCUT2D eigenvalue weighted by molar-refractivity contribution is -0.144. The van der Waals surface area contributed by atoms with Crippen LogP contribution in [-0.4, -0.2) is 102 Å². The normalized spacial score (nSPS) is 18.0. The van der Waals surface area contributed by atoms with Gasteiger partial charge in [0.25, 0.3) is 0 Å². The van der Waals surface area contributed by atoms with Crippen LogP contribution in [0.2, 0.25) is 0 Å². The second-order valence-corrected chi connectivity index (χ2v) is 12.6. The molecular weight excluding hydrogens is 590 g/mol. The molecule has 0 aliphatic carbocycles. The molecule has 4 amide bonds. The fourth-order valence-corrected chi connectivity index (χ4v) is 5.64. The number of likely N-dealkylation sites (tertiary alicyclic amines) is 1. The molecule has 242 valence electrons. The number of ether oxygens (including phenoxy) is 2. The molecule has 0 saturated carbocycles. The number of amides is 4. The number of hydrogen-bond donors (Lipinski definition) is 5. The Bertz CT molecular complexity index is 1280. The zero-order valence-electron chi connectivity index (χ0n) is 25.8. The fraction of sp³-hybridized carbons (Fsp3) is 0.567. The number of β-amino-alcohol motifs (C(OH)–C–C–N with tert-alkyl or cyclic N) is 1. The number of rotatable bonds is 14. The predicted molar refractivity (Wildman–Crippen MR) is 164 cm³/mol. The molecule has 5 N–H and O–H groups in total. The molecule has 1 aliphatic rings. The van der Waals surface area contributed by atoms with E-state index in [1.54, 1.807) is 37.6 Å². The number of thiazole rings is 1. The predicted octanol–water partition coefficient (Wildman–Crippen LogP) is 2.09. The molecule has 4 atom stereocenters. The minimum Gasteiger partial charge on any atom is -0.465 e. The summed E-state index contributed by atoms with van der Waals surface area (Å²) >= 11 is 1.57. The van der Waals surface area contributed by atoms with Crippen molar-refractivity contribution in [1.82, 2.24) is 25.8 Å². The number of aliphatic hydroxyl groups is 1. The average molecular weight is 634 g/mol. The third kappa shape index (κ3) is 9.97. The van der Waals surface area contributed by atoms with Gasteiger partial charge in [-0.1, -0.05) is 45.0 Å². The van der Waals surface area contributed by atoms with Crippen molar-refractivity contribution in [3.8, 4) is 10.4 Å². The summed E-state index contributed by atoms with van der Waals surface area (Å²) in [6.07, 6.45) is -1.93. The van der Waals surface area contributed by atoms with Gasteiger partial charge in [-0.15, -0.1) is 11.3 Å². The first kappa shape index (κ1) is 34.9. The lowest BCUT2D eigenvalue weighted by Crippen LogP contribution is -2.58. The standard InChI is InChI=1S/C30H43N5O8S/c1-18(20-6-8-21(9-7-20)25-19(2)32-17-44-25)33-27(38)23-14-22(36)15-35(23)28(39)26(30(3,4)5)34-24(37)16-43-13-12-42-11-10-31-29(40)41/h6-9,17-18,22-23,26,31,36H,10-16H2,1-5H3,(H,33,38)(H,34,37)(H,40,41)/t18-,22+,23-,26+/m0/s1. The monoisotopic (exact) mass is 633 g/mol. The van der Waals surface area contributed by atoms with E-state index in [2.05, 4.69) is 20.9 Å². The van der Waals surface area contributed by atoms with Gasteiger partial charge in [-0.3, -0.25) is 14.4 Å². The highest BCUT2D eigenvalue weighted by molar-refractivity contribution is 7.13. The summed E-state index contributed by atoms with van der Waals surface area (Å²) in [6, 6.07) is 5.65. The summed E-state index contributed by atoms with van der Waals surface area (Å²) in [5.41, 5.74) is 4.00. The maximum absolute atomic E-state index is 13.8. The maximum atomic E-state index is 13.8. The molecule has 1 aromatic heterocycles. The molecule has 0 unspecified atom stereocenters. The SMILES string of the molecule is Cc1ncsc1-c1ccc([C@H](C)NC(=O)[C@@H]2C[C@@H](O)CN2C(=O)[C@@H](NC(=O)COCCOCCNC(=O)O)C(C)(C)C)cc1. The maximum Gasteiger partial charge on any atom is 0.404 e. The summed E-state index contributed by atoms with van der Waals surface area (Å²) in [7, 11) is 0. The Labute approximate surface area is 261 Å². The first-order valence-electron chi connectivity index (χ1n) is 14.5. The lowest BCUT2D eigenvalue weighted by atomic mass is 9.85. The van der Waals surface area contributed by atoms with Crippen molar-refractivity contribution >= 4 is 35.2 Å². The molecule has 0 radical (unpaired) electrons. The topological polar surface area (TPSA) is 179 Å². The van der Waals surface area contributed by atoms with Crippen LogP contribution in [0.5, 0.6) is 0 Å². The van der Waals surface area contributed by atoms with Gasteiger partial charge in [0.15, 0.2) is 0 Å². The van der Waals surface area contributed by atoms with E-state index in [0.717, 1.165) is 21.7 Å². The van der Waals surface area contributed by atoms with Crippen molar-refractivity contribution in [3.63, 3.8) is 0 Å². The van der Waals surface area contributed by atoms with Crippen molar-refractivity contribution < 1.29 is 38.9 Å². The third-order valence-corrected chi connectivity index (χ3v) is 8.17. The van der Waals surface area contributed by atoms with Crippen LogP contribution < -0.4 is 16.0 Å². The lowest BCUT2D eigenvalue weighted by Gasteiger charge is -2.35. The summed E-state index contributed by atoms with van der Waals surface area (Å²) < 4.78 is 10.6. The molecular formula is C30H43N5O8S. The molecule has 1 aliphatic heterocycles. The largest absolute Gasteiger partial charge is 0.465 e. The molecule has 1 saturated heterocycles. The van der Waals surface area contributed by atoms with Crippen LogP contribution >= 0.6 is 11.3 Å². The van der Waals surface area contributed by atoms with Gasteiger partial charge in [0, 0.05) is 19.5 Å². The summed E-state index contributed by atoms with van der Waals surface area (Å²) in [5.74, 6) is -1.36. The van der Waals surface area contributed by atoms with E-state index in [1.807, 2.05) is 38.1 Å². The van der Waals surface area contributed by atoms with E-state index < -0.39 is 41.5 Å². The second-order valence-electron chi connectivity index (χ2n) is 11.8. The number of benzene rings is 1. The number of carbonyl (C=O) groups is 4. The number of nitrogens with zero attached hydrogens (tertiary/aromatic N) is 2. The first-order chi connectivity index (χ1) is 20.8. The van der Waals surface area contributed by atoms with Crippen LogP contribution in [0, 0.1) is 12.3 Å². The van der Waals surface area contributed by atoms with Crippen LogP contribution in [0.3, 0.4) is 0 Å². The van der Waals surface area contributed by atoms with Gasteiger partial charge < -0.3 is 40.5 Å². The number of nitrogens with one attached hydrogen (secondary N) is 3. The van der Waals surface area contributed by atoms with Crippen molar-refractivity contribution in [2.24, 2.45) is 5.41 Å². The van der Waals surface area contributed by atoms with Gasteiger partial charge in [0.05, 0.1) is 48.0 Å². The zero-order chi connectivity index (χ0) is 32.4. The highest BCUT2D eigenvalue weighted by Crippen LogP contribution is 2.29. The van der Waals surface area contributed by atoms with Crippen molar-refractivity contribution in [1.29, 1.82) is 0 Å². The Morgan fingerprint density at radius 2 is 1.77 bits per heavy atom. The minimum atomic E-state index is -1.14. The molecule has 14 heteroatoms. The smallest absolute Gasteiger partial charge is 0.404 e. The Balaban J connectivity index is 1.57. The Morgan fingerprint density at radius 3 is 2.39 bits per heavy atom. The minimum absolute atomic E-state index is 0.0266. The van der Waals surface area contributed by atoms with Gasteiger partial charge in [-0.05, 0) is 30.4 Å². The molecule has 3 rings (SSSR count). The van der Waals surface area contributed by atoms with E-state index in [0.29, 0.717) is 0 Å². The molecule has 2 heterocycles. The van der Waals surface area contributed by atoms with Gasteiger partial charge >= 0.3 is 6.09 Å². The average Bonchev–Trinajstić information content (AvgIpc) is 3.57. The highest BCUT2D eigenvalue weighted by Gasteiger charge is 2.44. The van der Waals surface area contributed by atoms with E-state index >= 15 is 0 Å². The number of aromatic nitrogens is 1. The molecule has 0 spiro atoms. The van der Waals surface area contributed by atoms with Crippen molar-refractivity contribution in [2.75, 3.05) is 39.5 Å². The van der Waals surface area contributed by atoms with Gasteiger partial charge in [-0.25, -0.2) is 9.78 Å². The fourth-order valence-electron chi connectivity index (χ4n) is 4.83. The van der Waals surface area contributed by atoms with Gasteiger partial charge in [0.2, 0.25) is 17.7 Å². The summed E-state index contributed by atoms with van der Waals surface area (Å²) in [5, 5.41) is 26.9. The van der Waals surface area contributed by atoms with E-state index in [1.165, 1.54) is 4.90 Å². The molecule has 2 aromatic rings. The molecule has 13 nitrogen and oxygen atoms in total. The van der Waals surface area contributed by atoms with E-state index in [4.69, 9.17) is 14.6 Å². The van der Waals surface area contributed by atoms with E-state index in [-0.39, 0.29) is 57.9 Å². The summed E-state index contributed by atoms with van der Waals surface area (Å²) in [4.78, 5) is 57.0. The molecule has 0 bridgehead atoms. The number of aliphatic hydroxyl groups excluding tert-OH is 1. The van der Waals surface area contributed by atoms with Crippen LogP contribution in [0.25, 0.3) is 10.4 Å². The van der Waals surface area contributed by atoms with E-state index in [9.17, 15) is 24.3 Å². The first-order valence-corrected chi connectivity index (χ1v) is 15.4. The van der Waals surface area contributed by atoms with Crippen molar-refractivity contribution in [2.45, 2.75) is 65.3 Å². The van der Waals surface area contributed by atoms with Crippen LogP contribution in [0.4, 0.5) is 4.79 Å². The number of aryl methyl sites for hydroxylation is 1. The highest BCUT2D eigenvalue weighted by atomic mass is 32.1. The zero-order valence-corrected chi connectivity index (χ0v) is 26.6. The Hall–Kier alpha value is -3.59. The third-order valence-electron chi connectivity index (χ3n) is 7.19. The number of hydrogen-bond acceptors (Lipinski definition) is 9. The molecule has 1 aromatic carbocycles. The summed E-state index contributed by atoms with van der Waals surface area (Å²) in [6.45, 7) is 9.44. The quantitative estimate of drug-likeness (QED) is 0.195. The Kier molecular flexibility index (Phi) is 12.6. The number of carboxylic acid groups (broad SMARTS) is 1.